The first-order valence-electron chi connectivity index (χ1n) is 6.71. The Labute approximate surface area is 116 Å². The summed E-state index contributed by atoms with van der Waals surface area (Å²) in [6, 6.07) is 6.25. The average Bonchev–Trinajstić information content (AvgIpc) is 2.42. The molecule has 1 N–H and O–H groups in total. The van der Waals surface area contributed by atoms with Gasteiger partial charge in [0.2, 0.25) is 0 Å². The monoisotopic (exact) mass is 263 g/mol. The van der Waals surface area contributed by atoms with E-state index in [1.807, 2.05) is 6.07 Å². The summed E-state index contributed by atoms with van der Waals surface area (Å²) in [5.74, 6) is 1.64. The van der Waals surface area contributed by atoms with Gasteiger partial charge in [-0.1, -0.05) is 12.5 Å². The number of hydrogen-bond acceptors (Lipinski definition) is 3. The molecule has 0 fully saturated rings. The summed E-state index contributed by atoms with van der Waals surface area (Å²) in [5, 5.41) is 3.55. The summed E-state index contributed by atoms with van der Waals surface area (Å²) >= 11 is 0. The van der Waals surface area contributed by atoms with Crippen LogP contribution in [0.4, 0.5) is 0 Å². The Hall–Kier alpha value is -1.48. The van der Waals surface area contributed by atoms with Crippen LogP contribution in [0.1, 0.15) is 38.3 Å². The Bertz CT molecular complexity index is 393. The van der Waals surface area contributed by atoms with E-state index in [0.717, 1.165) is 36.5 Å². The molecule has 0 saturated heterocycles. The maximum absolute atomic E-state index is 5.33. The summed E-state index contributed by atoms with van der Waals surface area (Å²) in [6.07, 6.45) is 2.02. The lowest BCUT2D eigenvalue weighted by Crippen LogP contribution is -2.22. The maximum Gasteiger partial charge on any atom is 0.122 e. The molecule has 3 heteroatoms. The van der Waals surface area contributed by atoms with Crippen molar-refractivity contribution in [2.45, 2.75) is 32.7 Å². The second-order valence-corrected chi connectivity index (χ2v) is 4.81. The lowest BCUT2D eigenvalue weighted by Gasteiger charge is -2.20. The van der Waals surface area contributed by atoms with Crippen LogP contribution in [0, 0.1) is 0 Å². The molecule has 3 nitrogen and oxygen atoms in total. The van der Waals surface area contributed by atoms with Crippen molar-refractivity contribution < 1.29 is 9.47 Å². The molecule has 0 saturated carbocycles. The summed E-state index contributed by atoms with van der Waals surface area (Å²) in [7, 11) is 3.34. The van der Waals surface area contributed by atoms with Crippen LogP contribution >= 0.6 is 0 Å². The van der Waals surface area contributed by atoms with E-state index in [-0.39, 0.29) is 6.04 Å². The van der Waals surface area contributed by atoms with Crippen LogP contribution < -0.4 is 14.8 Å². The average molecular weight is 263 g/mol. The van der Waals surface area contributed by atoms with Gasteiger partial charge in [-0.15, -0.1) is 6.58 Å². The molecule has 106 valence electrons. The normalized spacial score (nSPS) is 12.0. The van der Waals surface area contributed by atoms with E-state index in [4.69, 9.17) is 9.47 Å². The third-order valence-electron chi connectivity index (χ3n) is 2.97. The number of nitrogens with one attached hydrogen (secondary N) is 1. The predicted molar refractivity (Wildman–Crippen MR) is 80.0 cm³/mol. The topological polar surface area (TPSA) is 30.5 Å². The molecule has 1 atom stereocenters. The zero-order valence-electron chi connectivity index (χ0n) is 12.5. The highest BCUT2D eigenvalue weighted by Gasteiger charge is 2.13. The number of benzene rings is 1. The van der Waals surface area contributed by atoms with E-state index in [1.165, 1.54) is 5.56 Å². The zero-order chi connectivity index (χ0) is 14.3. The molecule has 0 aliphatic heterocycles. The van der Waals surface area contributed by atoms with Crippen LogP contribution in [-0.2, 0) is 0 Å². The number of hydrogen-bond donors (Lipinski definition) is 1. The lowest BCUT2D eigenvalue weighted by molar-refractivity contribution is 0.391. The Kier molecular flexibility index (Phi) is 6.43. The quantitative estimate of drug-likeness (QED) is 0.725. The van der Waals surface area contributed by atoms with Crippen molar-refractivity contribution in [2.75, 3.05) is 20.8 Å². The molecule has 0 amide bonds. The van der Waals surface area contributed by atoms with Gasteiger partial charge in [-0.25, -0.2) is 0 Å². The van der Waals surface area contributed by atoms with Gasteiger partial charge in [0.05, 0.1) is 14.2 Å². The van der Waals surface area contributed by atoms with E-state index in [0.29, 0.717) is 0 Å². The van der Waals surface area contributed by atoms with Crippen molar-refractivity contribution in [3.63, 3.8) is 0 Å². The predicted octanol–water partition coefficient (Wildman–Crippen LogP) is 3.71. The summed E-state index contributed by atoms with van der Waals surface area (Å²) in [4.78, 5) is 0. The van der Waals surface area contributed by atoms with Gasteiger partial charge in [0.15, 0.2) is 0 Å². The fourth-order valence-electron chi connectivity index (χ4n) is 2.01. The largest absolute Gasteiger partial charge is 0.497 e. The van der Waals surface area contributed by atoms with Gasteiger partial charge in [-0.05, 0) is 44.0 Å². The molecule has 1 aromatic carbocycles. The van der Waals surface area contributed by atoms with Crippen molar-refractivity contribution in [3.05, 3.63) is 35.9 Å². The molecule has 0 aliphatic rings. The molecule has 19 heavy (non-hydrogen) atoms. The Balaban J connectivity index is 3.01. The summed E-state index contributed by atoms with van der Waals surface area (Å²) in [5.41, 5.74) is 2.34. The summed E-state index contributed by atoms with van der Waals surface area (Å²) in [6.45, 7) is 9.21. The third-order valence-corrected chi connectivity index (χ3v) is 2.97. The molecule has 0 aromatic heterocycles. The van der Waals surface area contributed by atoms with Crippen molar-refractivity contribution in [3.8, 4) is 11.5 Å². The number of methoxy groups -OCH3 is 2. The highest BCUT2D eigenvalue weighted by molar-refractivity contribution is 5.40. The first kappa shape index (κ1) is 15.6. The van der Waals surface area contributed by atoms with Gasteiger partial charge < -0.3 is 14.8 Å². The lowest BCUT2D eigenvalue weighted by atomic mass is 9.99. The molecule has 1 rings (SSSR count). The van der Waals surface area contributed by atoms with E-state index in [1.54, 1.807) is 14.2 Å². The Morgan fingerprint density at radius 1 is 1.21 bits per heavy atom. The second-order valence-electron chi connectivity index (χ2n) is 4.81. The molecule has 0 aliphatic carbocycles. The van der Waals surface area contributed by atoms with Crippen molar-refractivity contribution in [1.29, 1.82) is 0 Å². The molecule has 1 unspecified atom stereocenters. The van der Waals surface area contributed by atoms with Crippen molar-refractivity contribution in [1.82, 2.24) is 5.32 Å². The Morgan fingerprint density at radius 2 is 1.79 bits per heavy atom. The van der Waals surface area contributed by atoms with Gasteiger partial charge in [0, 0.05) is 12.1 Å². The van der Waals surface area contributed by atoms with Gasteiger partial charge >= 0.3 is 0 Å². The van der Waals surface area contributed by atoms with Gasteiger partial charge in [-0.3, -0.25) is 0 Å². The first-order chi connectivity index (χ1) is 9.10. The maximum atomic E-state index is 5.33. The van der Waals surface area contributed by atoms with E-state index in [9.17, 15) is 0 Å². The van der Waals surface area contributed by atoms with Crippen LogP contribution in [-0.4, -0.2) is 20.8 Å². The first-order valence-corrected chi connectivity index (χ1v) is 6.71. The molecule has 0 spiro atoms. The van der Waals surface area contributed by atoms with E-state index in [2.05, 4.69) is 37.9 Å². The van der Waals surface area contributed by atoms with E-state index >= 15 is 0 Å². The van der Waals surface area contributed by atoms with Crippen LogP contribution in [0.15, 0.2) is 30.4 Å². The van der Waals surface area contributed by atoms with Gasteiger partial charge in [-0.2, -0.15) is 0 Å². The minimum Gasteiger partial charge on any atom is -0.497 e. The minimum absolute atomic E-state index is 0.251. The third kappa shape index (κ3) is 4.95. The molecule has 0 radical (unpaired) electrons. The molecule has 0 bridgehead atoms. The van der Waals surface area contributed by atoms with Crippen LogP contribution in [0.5, 0.6) is 11.5 Å². The van der Waals surface area contributed by atoms with Crippen LogP contribution in [0.2, 0.25) is 0 Å². The number of rotatable bonds is 8. The standard InChI is InChI=1S/C16H25NO2/c1-6-7-17-16(8-12(2)3)13-9-14(18-4)11-15(10-13)19-5/h9-11,16-17H,2,6-8H2,1,3-5H3. The molecule has 0 heterocycles. The van der Waals surface area contributed by atoms with Crippen molar-refractivity contribution in [2.24, 2.45) is 0 Å². The zero-order valence-corrected chi connectivity index (χ0v) is 12.5. The molecular weight excluding hydrogens is 238 g/mol. The smallest absolute Gasteiger partial charge is 0.122 e. The SMILES string of the molecule is C=C(C)CC(NCCC)c1cc(OC)cc(OC)c1. The van der Waals surface area contributed by atoms with Crippen molar-refractivity contribution >= 4 is 0 Å². The number of ether oxygens (including phenoxy) is 2. The van der Waals surface area contributed by atoms with Crippen LogP contribution in [0.3, 0.4) is 0 Å². The summed E-state index contributed by atoms with van der Waals surface area (Å²) < 4.78 is 10.7. The Morgan fingerprint density at radius 3 is 2.21 bits per heavy atom. The van der Waals surface area contributed by atoms with Gasteiger partial charge in [0.25, 0.3) is 0 Å². The van der Waals surface area contributed by atoms with Gasteiger partial charge in [0.1, 0.15) is 11.5 Å². The minimum atomic E-state index is 0.251. The van der Waals surface area contributed by atoms with E-state index < -0.39 is 0 Å². The second kappa shape index (κ2) is 7.85. The highest BCUT2D eigenvalue weighted by Crippen LogP contribution is 2.29. The fourth-order valence-corrected chi connectivity index (χ4v) is 2.01. The fraction of sp³-hybridized carbons (Fsp3) is 0.500. The van der Waals surface area contributed by atoms with Crippen LogP contribution in [0.25, 0.3) is 0 Å². The molecular formula is C16H25NO2. The highest BCUT2D eigenvalue weighted by atomic mass is 16.5. The molecule has 1 aromatic rings.